The predicted octanol–water partition coefficient (Wildman–Crippen LogP) is 0.297. The topological polar surface area (TPSA) is 71.8 Å². The first-order valence-corrected chi connectivity index (χ1v) is 3.64. The SMILES string of the molecule is COc1ncc(O)c(CO)c1OC. The van der Waals surface area contributed by atoms with Crippen molar-refractivity contribution in [2.75, 3.05) is 14.2 Å². The summed E-state index contributed by atoms with van der Waals surface area (Å²) in [6.45, 7) is -0.326. The molecule has 0 radical (unpaired) electrons. The molecule has 72 valence electrons. The number of methoxy groups -OCH3 is 2. The number of aliphatic hydroxyl groups excluding tert-OH is 1. The van der Waals surface area contributed by atoms with Crippen LogP contribution in [0.5, 0.6) is 17.4 Å². The van der Waals surface area contributed by atoms with Crippen molar-refractivity contribution in [2.24, 2.45) is 0 Å². The van der Waals surface area contributed by atoms with Gasteiger partial charge in [-0.3, -0.25) is 0 Å². The number of hydrogen-bond donors (Lipinski definition) is 2. The quantitative estimate of drug-likeness (QED) is 0.708. The maximum absolute atomic E-state index is 9.28. The highest BCUT2D eigenvalue weighted by Crippen LogP contribution is 2.34. The maximum atomic E-state index is 9.28. The highest BCUT2D eigenvalue weighted by atomic mass is 16.5. The zero-order chi connectivity index (χ0) is 9.84. The number of aliphatic hydroxyl groups is 1. The van der Waals surface area contributed by atoms with E-state index in [9.17, 15) is 5.11 Å². The van der Waals surface area contributed by atoms with Gasteiger partial charge in [0.15, 0.2) is 5.75 Å². The van der Waals surface area contributed by atoms with Gasteiger partial charge in [-0.15, -0.1) is 0 Å². The van der Waals surface area contributed by atoms with Gasteiger partial charge in [0.1, 0.15) is 5.75 Å². The lowest BCUT2D eigenvalue weighted by atomic mass is 10.2. The van der Waals surface area contributed by atoms with Gasteiger partial charge in [-0.2, -0.15) is 0 Å². The lowest BCUT2D eigenvalue weighted by Gasteiger charge is -2.10. The number of pyridine rings is 1. The van der Waals surface area contributed by atoms with Gasteiger partial charge in [0.2, 0.25) is 0 Å². The van der Waals surface area contributed by atoms with Crippen LogP contribution in [0.4, 0.5) is 0 Å². The largest absolute Gasteiger partial charge is 0.506 e. The van der Waals surface area contributed by atoms with Gasteiger partial charge in [0.25, 0.3) is 5.88 Å². The van der Waals surface area contributed by atoms with Gasteiger partial charge in [0.05, 0.1) is 32.6 Å². The Labute approximate surface area is 75.6 Å². The smallest absolute Gasteiger partial charge is 0.257 e. The Balaban J connectivity index is 3.27. The number of rotatable bonds is 3. The molecule has 0 atom stereocenters. The van der Waals surface area contributed by atoms with Crippen LogP contribution in [0.15, 0.2) is 6.20 Å². The summed E-state index contributed by atoms with van der Waals surface area (Å²) in [5, 5.41) is 18.2. The van der Waals surface area contributed by atoms with E-state index in [1.54, 1.807) is 0 Å². The van der Waals surface area contributed by atoms with Crippen LogP contribution in [-0.2, 0) is 6.61 Å². The second kappa shape index (κ2) is 3.95. The van der Waals surface area contributed by atoms with E-state index in [4.69, 9.17) is 14.6 Å². The van der Waals surface area contributed by atoms with Crippen molar-refractivity contribution in [3.63, 3.8) is 0 Å². The summed E-state index contributed by atoms with van der Waals surface area (Å²) in [4.78, 5) is 3.77. The Morgan fingerprint density at radius 1 is 1.38 bits per heavy atom. The van der Waals surface area contributed by atoms with Gasteiger partial charge < -0.3 is 19.7 Å². The molecule has 1 aromatic heterocycles. The van der Waals surface area contributed by atoms with Crippen LogP contribution in [0.3, 0.4) is 0 Å². The van der Waals surface area contributed by atoms with E-state index >= 15 is 0 Å². The van der Waals surface area contributed by atoms with Crippen molar-refractivity contribution < 1.29 is 19.7 Å². The summed E-state index contributed by atoms with van der Waals surface area (Å²) < 4.78 is 9.81. The standard InChI is InChI=1S/C8H11NO4/c1-12-7-5(4-10)6(11)3-9-8(7)13-2/h3,10-11H,4H2,1-2H3. The van der Waals surface area contributed by atoms with Crippen LogP contribution in [0.25, 0.3) is 0 Å². The number of nitrogens with zero attached hydrogens (tertiary/aromatic N) is 1. The third-order valence-corrected chi connectivity index (χ3v) is 1.64. The zero-order valence-corrected chi connectivity index (χ0v) is 7.44. The van der Waals surface area contributed by atoms with E-state index in [1.807, 2.05) is 0 Å². The minimum absolute atomic E-state index is 0.111. The third kappa shape index (κ3) is 1.65. The number of aromatic nitrogens is 1. The van der Waals surface area contributed by atoms with Crippen molar-refractivity contribution in [3.05, 3.63) is 11.8 Å². The zero-order valence-electron chi connectivity index (χ0n) is 7.44. The minimum Gasteiger partial charge on any atom is -0.506 e. The molecule has 5 heteroatoms. The summed E-state index contributed by atoms with van der Waals surface area (Å²) >= 11 is 0. The predicted molar refractivity (Wildman–Crippen MR) is 44.9 cm³/mol. The van der Waals surface area contributed by atoms with Crippen LogP contribution in [0, 0.1) is 0 Å². The molecule has 0 aliphatic carbocycles. The molecule has 0 spiro atoms. The average Bonchev–Trinajstić information content (AvgIpc) is 2.17. The summed E-state index contributed by atoms with van der Waals surface area (Å²) in [5.41, 5.74) is 0.273. The molecular formula is C8H11NO4. The van der Waals surface area contributed by atoms with Gasteiger partial charge in [-0.05, 0) is 0 Å². The molecule has 0 amide bonds. The molecule has 0 bridgehead atoms. The molecule has 0 aromatic carbocycles. The summed E-state index contributed by atoms with van der Waals surface area (Å²) in [6.07, 6.45) is 1.20. The van der Waals surface area contributed by atoms with E-state index in [0.717, 1.165) is 0 Å². The fourth-order valence-corrected chi connectivity index (χ4v) is 1.01. The number of hydrogen-bond acceptors (Lipinski definition) is 5. The van der Waals surface area contributed by atoms with Crippen molar-refractivity contribution in [2.45, 2.75) is 6.61 Å². The molecule has 0 fully saturated rings. The number of ether oxygens (including phenoxy) is 2. The average molecular weight is 185 g/mol. The molecule has 1 heterocycles. The lowest BCUT2D eigenvalue weighted by Crippen LogP contribution is -1.98. The number of aromatic hydroxyl groups is 1. The molecule has 5 nitrogen and oxygen atoms in total. The summed E-state index contributed by atoms with van der Waals surface area (Å²) in [7, 11) is 2.85. The van der Waals surface area contributed by atoms with Crippen molar-refractivity contribution in [3.8, 4) is 17.4 Å². The van der Waals surface area contributed by atoms with Crippen LogP contribution in [0.2, 0.25) is 0 Å². The van der Waals surface area contributed by atoms with Gasteiger partial charge >= 0.3 is 0 Å². The third-order valence-electron chi connectivity index (χ3n) is 1.64. The molecule has 1 aromatic rings. The lowest BCUT2D eigenvalue weighted by molar-refractivity contribution is 0.260. The van der Waals surface area contributed by atoms with Crippen LogP contribution in [-0.4, -0.2) is 29.4 Å². The van der Waals surface area contributed by atoms with E-state index in [1.165, 1.54) is 20.4 Å². The van der Waals surface area contributed by atoms with Gasteiger partial charge in [-0.1, -0.05) is 0 Å². The molecule has 0 aliphatic rings. The Morgan fingerprint density at radius 3 is 2.54 bits per heavy atom. The molecule has 13 heavy (non-hydrogen) atoms. The second-order valence-corrected chi connectivity index (χ2v) is 2.32. The Bertz CT molecular complexity index is 300. The highest BCUT2D eigenvalue weighted by Gasteiger charge is 2.14. The molecule has 0 unspecified atom stereocenters. The normalized spacial score (nSPS) is 9.77. The first kappa shape index (κ1) is 9.60. The van der Waals surface area contributed by atoms with Crippen LogP contribution < -0.4 is 9.47 Å². The van der Waals surface area contributed by atoms with E-state index in [0.29, 0.717) is 0 Å². The van der Waals surface area contributed by atoms with E-state index in [2.05, 4.69) is 4.98 Å². The van der Waals surface area contributed by atoms with Gasteiger partial charge in [0, 0.05) is 0 Å². The highest BCUT2D eigenvalue weighted by molar-refractivity contribution is 5.48. The Morgan fingerprint density at radius 2 is 2.08 bits per heavy atom. The van der Waals surface area contributed by atoms with Crippen molar-refractivity contribution >= 4 is 0 Å². The molecular weight excluding hydrogens is 174 g/mol. The molecule has 1 rings (SSSR count). The monoisotopic (exact) mass is 185 g/mol. The first-order valence-electron chi connectivity index (χ1n) is 3.64. The molecule has 0 aliphatic heterocycles. The summed E-state index contributed by atoms with van der Waals surface area (Å²) in [5.74, 6) is 0.384. The molecule has 0 saturated carbocycles. The van der Waals surface area contributed by atoms with Crippen LogP contribution in [0.1, 0.15) is 5.56 Å². The Hall–Kier alpha value is -1.49. The molecule has 0 saturated heterocycles. The second-order valence-electron chi connectivity index (χ2n) is 2.32. The van der Waals surface area contributed by atoms with E-state index in [-0.39, 0.29) is 29.5 Å². The Kier molecular flexibility index (Phi) is 2.92. The first-order chi connectivity index (χ1) is 6.24. The fourth-order valence-electron chi connectivity index (χ4n) is 1.01. The maximum Gasteiger partial charge on any atom is 0.257 e. The minimum atomic E-state index is -0.326. The fraction of sp³-hybridized carbons (Fsp3) is 0.375. The van der Waals surface area contributed by atoms with Gasteiger partial charge in [-0.25, -0.2) is 4.98 Å². The van der Waals surface area contributed by atoms with Crippen molar-refractivity contribution in [1.82, 2.24) is 4.98 Å². The molecule has 2 N–H and O–H groups in total. The van der Waals surface area contributed by atoms with Crippen LogP contribution >= 0.6 is 0 Å². The van der Waals surface area contributed by atoms with Crippen molar-refractivity contribution in [1.29, 1.82) is 0 Å². The summed E-state index contributed by atoms with van der Waals surface area (Å²) in [6, 6.07) is 0. The van der Waals surface area contributed by atoms with E-state index < -0.39 is 0 Å².